The molecule has 0 bridgehead atoms. The highest BCUT2D eigenvalue weighted by Gasteiger charge is 1.87. The number of esters is 1. The third kappa shape index (κ3) is 9.08. The molecule has 0 aliphatic carbocycles. The number of rotatable bonds is 1. The van der Waals surface area contributed by atoms with E-state index in [1.54, 1.807) is 6.92 Å². The Morgan fingerprint density at radius 3 is 1.88 bits per heavy atom. The van der Waals surface area contributed by atoms with Crippen molar-refractivity contribution in [2.24, 2.45) is 0 Å². The molecule has 0 aromatic carbocycles. The Hall–Kier alpha value is -0.530. The first-order valence-corrected chi connectivity index (χ1v) is 2.88. The molecule has 0 N–H and O–H groups in total. The third-order valence-corrected chi connectivity index (χ3v) is 0.516. The molecule has 8 heavy (non-hydrogen) atoms. The van der Waals surface area contributed by atoms with E-state index in [2.05, 4.69) is 4.74 Å². The first kappa shape index (κ1) is 10.5. The molecule has 0 fully saturated rings. The van der Waals surface area contributed by atoms with E-state index in [1.807, 2.05) is 13.8 Å². The topological polar surface area (TPSA) is 26.3 Å². The van der Waals surface area contributed by atoms with Crippen LogP contribution in [-0.2, 0) is 9.53 Å². The molecular weight excluding hydrogens is 104 g/mol. The van der Waals surface area contributed by atoms with E-state index >= 15 is 0 Å². The van der Waals surface area contributed by atoms with Crippen LogP contribution in [0.25, 0.3) is 0 Å². The first-order chi connectivity index (χ1) is 3.81. The predicted octanol–water partition coefficient (Wildman–Crippen LogP) is 1.60. The zero-order valence-electron chi connectivity index (χ0n) is 6.02. The van der Waals surface area contributed by atoms with Gasteiger partial charge in [-0.2, -0.15) is 0 Å². The summed E-state index contributed by atoms with van der Waals surface area (Å²) < 4.78 is 4.26. The molecule has 0 atom stereocenters. The van der Waals surface area contributed by atoms with Crippen molar-refractivity contribution in [2.75, 3.05) is 7.11 Å². The maximum Gasteiger partial charge on any atom is 0.305 e. The van der Waals surface area contributed by atoms with Crippen molar-refractivity contribution in [3.63, 3.8) is 0 Å². The zero-order chi connectivity index (χ0) is 6.99. The molecule has 0 unspecified atom stereocenters. The lowest BCUT2D eigenvalue weighted by Crippen LogP contribution is -1.94. The third-order valence-electron chi connectivity index (χ3n) is 0.516. The number of hydrogen-bond donors (Lipinski definition) is 0. The molecule has 0 spiro atoms. The second kappa shape index (κ2) is 9.69. The largest absolute Gasteiger partial charge is 0.469 e. The second-order valence-electron chi connectivity index (χ2n) is 0.930. The van der Waals surface area contributed by atoms with E-state index < -0.39 is 0 Å². The number of hydrogen-bond acceptors (Lipinski definition) is 2. The van der Waals surface area contributed by atoms with Crippen molar-refractivity contribution in [3.8, 4) is 0 Å². The lowest BCUT2D eigenvalue weighted by Gasteiger charge is -1.87. The van der Waals surface area contributed by atoms with Gasteiger partial charge in [0.25, 0.3) is 0 Å². The normalized spacial score (nSPS) is 6.50. The van der Waals surface area contributed by atoms with Gasteiger partial charge in [-0.3, -0.25) is 4.79 Å². The summed E-state index contributed by atoms with van der Waals surface area (Å²) in [5, 5.41) is 0. The molecule has 0 saturated heterocycles. The van der Waals surface area contributed by atoms with Crippen molar-refractivity contribution in [1.82, 2.24) is 0 Å². The highest BCUT2D eigenvalue weighted by molar-refractivity contribution is 5.68. The monoisotopic (exact) mass is 118 g/mol. The van der Waals surface area contributed by atoms with E-state index in [-0.39, 0.29) is 5.97 Å². The van der Waals surface area contributed by atoms with Crippen molar-refractivity contribution in [3.05, 3.63) is 0 Å². The molecule has 0 aromatic rings. The van der Waals surface area contributed by atoms with Gasteiger partial charge in [-0.1, -0.05) is 20.8 Å². The molecule has 0 saturated carbocycles. The number of methoxy groups -OCH3 is 1. The fraction of sp³-hybridized carbons (Fsp3) is 0.833. The van der Waals surface area contributed by atoms with Gasteiger partial charge in [-0.25, -0.2) is 0 Å². The van der Waals surface area contributed by atoms with Crippen LogP contribution in [0.5, 0.6) is 0 Å². The lowest BCUT2D eigenvalue weighted by molar-refractivity contribution is -0.140. The Labute approximate surface area is 50.8 Å². The Bertz CT molecular complexity index is 44.5. The maximum absolute atomic E-state index is 9.96. The van der Waals surface area contributed by atoms with Crippen LogP contribution in [0.1, 0.15) is 27.2 Å². The van der Waals surface area contributed by atoms with Gasteiger partial charge in [0.1, 0.15) is 0 Å². The van der Waals surface area contributed by atoms with Crippen LogP contribution in [-0.4, -0.2) is 13.1 Å². The van der Waals surface area contributed by atoms with Crippen LogP contribution in [0, 0.1) is 0 Å². The molecule has 50 valence electrons. The summed E-state index contributed by atoms with van der Waals surface area (Å²) in [6.07, 6.45) is 0.469. The smallest absolute Gasteiger partial charge is 0.305 e. The maximum atomic E-state index is 9.96. The summed E-state index contributed by atoms with van der Waals surface area (Å²) in [7, 11) is 1.38. The summed E-state index contributed by atoms with van der Waals surface area (Å²) in [6.45, 7) is 5.76. The fourth-order valence-corrected chi connectivity index (χ4v) is 0.144. The Morgan fingerprint density at radius 1 is 1.50 bits per heavy atom. The number of carbonyl (C=O) groups is 1. The number of carbonyl (C=O) groups excluding carboxylic acids is 1. The van der Waals surface area contributed by atoms with Gasteiger partial charge in [0.05, 0.1) is 7.11 Å². The second-order valence-corrected chi connectivity index (χ2v) is 0.930. The SMILES string of the molecule is CC.CCC(=O)OC. The lowest BCUT2D eigenvalue weighted by atomic mass is 10.5. The van der Waals surface area contributed by atoms with Gasteiger partial charge in [0.2, 0.25) is 0 Å². The summed E-state index contributed by atoms with van der Waals surface area (Å²) in [4.78, 5) is 9.96. The highest BCUT2D eigenvalue weighted by atomic mass is 16.5. The van der Waals surface area contributed by atoms with Gasteiger partial charge in [0.15, 0.2) is 0 Å². The van der Waals surface area contributed by atoms with E-state index in [1.165, 1.54) is 7.11 Å². The van der Waals surface area contributed by atoms with Crippen LogP contribution in [0.3, 0.4) is 0 Å². The van der Waals surface area contributed by atoms with Gasteiger partial charge >= 0.3 is 5.97 Å². The van der Waals surface area contributed by atoms with Crippen molar-refractivity contribution in [1.29, 1.82) is 0 Å². The fourth-order valence-electron chi connectivity index (χ4n) is 0.144. The van der Waals surface area contributed by atoms with Crippen molar-refractivity contribution >= 4 is 5.97 Å². The summed E-state index contributed by atoms with van der Waals surface area (Å²) in [5.41, 5.74) is 0. The molecule has 0 radical (unpaired) electrons. The van der Waals surface area contributed by atoms with E-state index in [0.29, 0.717) is 6.42 Å². The summed E-state index contributed by atoms with van der Waals surface area (Å²) in [6, 6.07) is 0. The molecule has 2 heteroatoms. The summed E-state index contributed by atoms with van der Waals surface area (Å²) >= 11 is 0. The van der Waals surface area contributed by atoms with Crippen molar-refractivity contribution in [2.45, 2.75) is 27.2 Å². The molecule has 0 amide bonds. The molecule has 2 nitrogen and oxygen atoms in total. The summed E-state index contributed by atoms with van der Waals surface area (Å²) in [5.74, 6) is -0.157. The van der Waals surface area contributed by atoms with Crippen LogP contribution >= 0.6 is 0 Å². The van der Waals surface area contributed by atoms with E-state index in [4.69, 9.17) is 0 Å². The minimum absolute atomic E-state index is 0.157. The molecular formula is C6H14O2. The zero-order valence-corrected chi connectivity index (χ0v) is 6.02. The number of ether oxygens (including phenoxy) is 1. The average Bonchev–Trinajstić information content (AvgIpc) is 1.91. The van der Waals surface area contributed by atoms with Crippen LogP contribution < -0.4 is 0 Å². The minimum atomic E-state index is -0.157. The molecule has 0 heterocycles. The van der Waals surface area contributed by atoms with Gasteiger partial charge in [-0.15, -0.1) is 0 Å². The molecule has 0 aromatic heterocycles. The highest BCUT2D eigenvalue weighted by Crippen LogP contribution is 1.76. The van der Waals surface area contributed by atoms with E-state index in [0.717, 1.165) is 0 Å². The van der Waals surface area contributed by atoms with Crippen LogP contribution in [0.15, 0.2) is 0 Å². The average molecular weight is 118 g/mol. The minimum Gasteiger partial charge on any atom is -0.469 e. The Morgan fingerprint density at radius 2 is 1.88 bits per heavy atom. The van der Waals surface area contributed by atoms with Crippen LogP contribution in [0.2, 0.25) is 0 Å². The quantitative estimate of drug-likeness (QED) is 0.489. The standard InChI is InChI=1S/C4H8O2.C2H6/c1-3-4(5)6-2;1-2/h3H2,1-2H3;1-2H3. The van der Waals surface area contributed by atoms with Gasteiger partial charge in [-0.05, 0) is 0 Å². The first-order valence-electron chi connectivity index (χ1n) is 2.88. The predicted molar refractivity (Wildman–Crippen MR) is 33.7 cm³/mol. The molecule has 0 aliphatic rings. The Kier molecular flexibility index (Phi) is 12.7. The van der Waals surface area contributed by atoms with Gasteiger partial charge in [0, 0.05) is 6.42 Å². The molecule has 0 aliphatic heterocycles. The van der Waals surface area contributed by atoms with Gasteiger partial charge < -0.3 is 4.74 Å². The van der Waals surface area contributed by atoms with Crippen molar-refractivity contribution < 1.29 is 9.53 Å². The van der Waals surface area contributed by atoms with Crippen LogP contribution in [0.4, 0.5) is 0 Å². The molecule has 0 rings (SSSR count). The Balaban J connectivity index is 0. The van der Waals surface area contributed by atoms with E-state index in [9.17, 15) is 4.79 Å².